The maximum atomic E-state index is 13.1. The van der Waals surface area contributed by atoms with Crippen molar-refractivity contribution in [1.29, 1.82) is 0 Å². The predicted molar refractivity (Wildman–Crippen MR) is 79.9 cm³/mol. The van der Waals surface area contributed by atoms with Crippen LogP contribution in [0.1, 0.15) is 18.7 Å². The number of nitrogens with zero attached hydrogens (tertiary/aromatic N) is 4. The largest absolute Gasteiger partial charge is 0.371 e. The molecule has 1 N–H and O–H groups in total. The van der Waals surface area contributed by atoms with E-state index in [1.165, 1.54) is 12.1 Å². The number of aromatic amines is 1. The lowest BCUT2D eigenvalue weighted by Gasteiger charge is -2.25. The highest BCUT2D eigenvalue weighted by atomic mass is 19.1. The van der Waals surface area contributed by atoms with E-state index in [1.807, 2.05) is 6.07 Å². The molecule has 3 heterocycles. The molecule has 1 aliphatic heterocycles. The normalized spacial score (nSPS) is 18.1. The Labute approximate surface area is 131 Å². The van der Waals surface area contributed by atoms with Crippen molar-refractivity contribution in [3.63, 3.8) is 0 Å². The molecule has 116 valence electrons. The lowest BCUT2D eigenvalue weighted by molar-refractivity contribution is 0.0453. The van der Waals surface area contributed by atoms with E-state index < -0.39 is 0 Å². The van der Waals surface area contributed by atoms with Gasteiger partial charge in [-0.3, -0.25) is 9.67 Å². The standard InChI is InChI=1S/C16H14FN5O/c17-11-3-1-10(2-4-11)12-7-13(19-18-12)15-21-20-14-8-23-9-16(5-6-16)22(14)15/h1-4,7H,5-6,8-9H2,(H,18,19). The Morgan fingerprint density at radius 3 is 2.78 bits per heavy atom. The monoisotopic (exact) mass is 311 g/mol. The summed E-state index contributed by atoms with van der Waals surface area (Å²) in [5, 5.41) is 15.9. The molecule has 2 aromatic heterocycles. The molecule has 0 atom stereocenters. The second kappa shape index (κ2) is 4.48. The zero-order valence-electron chi connectivity index (χ0n) is 12.3. The summed E-state index contributed by atoms with van der Waals surface area (Å²) in [6.45, 7) is 1.21. The molecule has 0 bridgehead atoms. The van der Waals surface area contributed by atoms with Gasteiger partial charge in [0.1, 0.15) is 18.1 Å². The lowest BCUT2D eigenvalue weighted by Crippen LogP contribution is -2.31. The van der Waals surface area contributed by atoms with Crippen LogP contribution in [0.2, 0.25) is 0 Å². The minimum absolute atomic E-state index is 0.0214. The van der Waals surface area contributed by atoms with Crippen LogP contribution in [0.3, 0.4) is 0 Å². The summed E-state index contributed by atoms with van der Waals surface area (Å²) in [5.74, 6) is 1.40. The number of hydrogen-bond donors (Lipinski definition) is 1. The van der Waals surface area contributed by atoms with E-state index in [0.29, 0.717) is 13.2 Å². The number of hydrogen-bond acceptors (Lipinski definition) is 4. The number of aromatic nitrogens is 5. The molecule has 1 spiro atoms. The van der Waals surface area contributed by atoms with Crippen LogP contribution in [0.15, 0.2) is 30.3 Å². The molecule has 23 heavy (non-hydrogen) atoms. The van der Waals surface area contributed by atoms with E-state index in [4.69, 9.17) is 4.74 Å². The molecule has 1 aromatic carbocycles. The first-order valence-electron chi connectivity index (χ1n) is 7.59. The Kier molecular flexibility index (Phi) is 2.52. The first-order chi connectivity index (χ1) is 11.3. The zero-order chi connectivity index (χ0) is 15.4. The Balaban J connectivity index is 1.57. The van der Waals surface area contributed by atoms with Gasteiger partial charge in [0.15, 0.2) is 11.6 Å². The molecule has 6 nitrogen and oxygen atoms in total. The fourth-order valence-electron chi connectivity index (χ4n) is 3.20. The SMILES string of the molecule is Fc1ccc(-c2cc(-c3nnc4n3C3(CC3)COC4)[nH]n2)cc1. The van der Waals surface area contributed by atoms with Gasteiger partial charge in [0, 0.05) is 5.56 Å². The lowest BCUT2D eigenvalue weighted by atomic mass is 10.1. The molecule has 1 saturated carbocycles. The van der Waals surface area contributed by atoms with Crippen LogP contribution in [0.4, 0.5) is 4.39 Å². The number of ether oxygens (including phenoxy) is 1. The smallest absolute Gasteiger partial charge is 0.182 e. The minimum Gasteiger partial charge on any atom is -0.371 e. The summed E-state index contributed by atoms with van der Waals surface area (Å²) in [6, 6.07) is 8.21. The first-order valence-corrected chi connectivity index (χ1v) is 7.59. The van der Waals surface area contributed by atoms with E-state index in [1.54, 1.807) is 12.1 Å². The second-order valence-corrected chi connectivity index (χ2v) is 6.17. The highest BCUT2D eigenvalue weighted by Gasteiger charge is 2.50. The van der Waals surface area contributed by atoms with Crippen molar-refractivity contribution >= 4 is 0 Å². The number of fused-ring (bicyclic) bond motifs is 2. The first kappa shape index (κ1) is 13.0. The quantitative estimate of drug-likeness (QED) is 0.789. The summed E-state index contributed by atoms with van der Waals surface area (Å²) < 4.78 is 20.9. The van der Waals surface area contributed by atoms with Gasteiger partial charge in [0.2, 0.25) is 0 Å². The number of H-pyrrole nitrogens is 1. The molecular weight excluding hydrogens is 297 g/mol. The minimum atomic E-state index is -0.258. The molecule has 1 fully saturated rings. The van der Waals surface area contributed by atoms with Crippen molar-refractivity contribution in [3.05, 3.63) is 42.0 Å². The highest BCUT2D eigenvalue weighted by molar-refractivity contribution is 5.65. The number of halogens is 1. The van der Waals surface area contributed by atoms with Crippen LogP contribution >= 0.6 is 0 Å². The van der Waals surface area contributed by atoms with Gasteiger partial charge in [-0.05, 0) is 43.2 Å². The van der Waals surface area contributed by atoms with Gasteiger partial charge in [-0.15, -0.1) is 10.2 Å². The fourth-order valence-corrected chi connectivity index (χ4v) is 3.20. The van der Waals surface area contributed by atoms with E-state index in [9.17, 15) is 4.39 Å². The molecule has 0 amide bonds. The summed E-state index contributed by atoms with van der Waals surface area (Å²) in [5.41, 5.74) is 2.45. The molecule has 7 heteroatoms. The van der Waals surface area contributed by atoms with Crippen LogP contribution in [0.25, 0.3) is 22.8 Å². The Morgan fingerprint density at radius 1 is 1.17 bits per heavy atom. The molecule has 2 aliphatic rings. The third kappa shape index (κ3) is 1.93. The Hall–Kier alpha value is -2.54. The number of nitrogens with one attached hydrogen (secondary N) is 1. The summed E-state index contributed by atoms with van der Waals surface area (Å²) in [6.07, 6.45) is 2.17. The van der Waals surface area contributed by atoms with E-state index in [-0.39, 0.29) is 11.4 Å². The molecule has 5 rings (SSSR count). The van der Waals surface area contributed by atoms with Crippen molar-refractivity contribution in [2.45, 2.75) is 25.0 Å². The molecule has 1 aliphatic carbocycles. The summed E-state index contributed by atoms with van der Waals surface area (Å²) in [4.78, 5) is 0. The van der Waals surface area contributed by atoms with Crippen molar-refractivity contribution < 1.29 is 9.13 Å². The van der Waals surface area contributed by atoms with Gasteiger partial charge in [0.25, 0.3) is 0 Å². The van der Waals surface area contributed by atoms with Gasteiger partial charge < -0.3 is 4.74 Å². The van der Waals surface area contributed by atoms with Crippen LogP contribution in [-0.4, -0.2) is 31.6 Å². The van der Waals surface area contributed by atoms with Crippen molar-refractivity contribution in [2.24, 2.45) is 0 Å². The summed E-state index contributed by atoms with van der Waals surface area (Å²) in [7, 11) is 0. The van der Waals surface area contributed by atoms with Gasteiger partial charge >= 0.3 is 0 Å². The molecule has 0 unspecified atom stereocenters. The third-order valence-electron chi connectivity index (χ3n) is 4.59. The maximum absolute atomic E-state index is 13.1. The molecule has 0 saturated heterocycles. The predicted octanol–water partition coefficient (Wildman–Crippen LogP) is 2.49. The topological polar surface area (TPSA) is 68.6 Å². The highest BCUT2D eigenvalue weighted by Crippen LogP contribution is 2.48. The van der Waals surface area contributed by atoms with E-state index in [0.717, 1.165) is 41.4 Å². The van der Waals surface area contributed by atoms with E-state index in [2.05, 4.69) is 25.0 Å². The Morgan fingerprint density at radius 2 is 2.00 bits per heavy atom. The van der Waals surface area contributed by atoms with Gasteiger partial charge in [-0.25, -0.2) is 4.39 Å². The van der Waals surface area contributed by atoms with Crippen LogP contribution < -0.4 is 0 Å². The average molecular weight is 311 g/mol. The van der Waals surface area contributed by atoms with Crippen LogP contribution in [0, 0.1) is 5.82 Å². The fraction of sp³-hybridized carbons (Fsp3) is 0.312. The van der Waals surface area contributed by atoms with Gasteiger partial charge in [-0.1, -0.05) is 0 Å². The number of benzene rings is 1. The third-order valence-corrected chi connectivity index (χ3v) is 4.59. The molecular formula is C16H14FN5O. The zero-order valence-corrected chi connectivity index (χ0v) is 12.3. The molecule has 3 aromatic rings. The number of rotatable bonds is 2. The van der Waals surface area contributed by atoms with Crippen molar-refractivity contribution in [2.75, 3.05) is 6.61 Å². The maximum Gasteiger partial charge on any atom is 0.182 e. The molecule has 0 radical (unpaired) electrons. The second-order valence-electron chi connectivity index (χ2n) is 6.17. The van der Waals surface area contributed by atoms with Crippen LogP contribution in [-0.2, 0) is 16.9 Å². The van der Waals surface area contributed by atoms with Gasteiger partial charge in [0.05, 0.1) is 17.8 Å². The van der Waals surface area contributed by atoms with Crippen molar-refractivity contribution in [1.82, 2.24) is 25.0 Å². The Bertz CT molecular complexity index is 878. The van der Waals surface area contributed by atoms with Crippen LogP contribution in [0.5, 0.6) is 0 Å². The van der Waals surface area contributed by atoms with E-state index >= 15 is 0 Å². The average Bonchev–Trinajstić information content (AvgIpc) is 3.01. The van der Waals surface area contributed by atoms with Crippen molar-refractivity contribution in [3.8, 4) is 22.8 Å². The van der Waals surface area contributed by atoms with Gasteiger partial charge in [-0.2, -0.15) is 5.10 Å². The summed E-state index contributed by atoms with van der Waals surface area (Å²) >= 11 is 0.